The summed E-state index contributed by atoms with van der Waals surface area (Å²) in [5, 5.41) is 4.84. The van der Waals surface area contributed by atoms with Gasteiger partial charge in [0.05, 0.1) is 27.0 Å². The van der Waals surface area contributed by atoms with E-state index in [9.17, 15) is 0 Å². The van der Waals surface area contributed by atoms with E-state index >= 15 is 0 Å². The molecule has 0 aliphatic heterocycles. The predicted octanol–water partition coefficient (Wildman–Crippen LogP) is 5.67. The Hall–Kier alpha value is -0.830. The summed E-state index contributed by atoms with van der Waals surface area (Å²) in [6, 6.07) is 7.50. The van der Waals surface area contributed by atoms with Gasteiger partial charge in [-0.2, -0.15) is 0 Å². The number of anilines is 1. The number of hydrogen-bond donors (Lipinski definition) is 1. The zero-order valence-corrected chi connectivity index (χ0v) is 12.7. The van der Waals surface area contributed by atoms with E-state index in [4.69, 9.17) is 39.2 Å². The molecule has 0 radical (unpaired) electrons. The highest BCUT2D eigenvalue weighted by Gasteiger charge is 2.09. The van der Waals surface area contributed by atoms with Gasteiger partial charge in [0.2, 0.25) is 0 Å². The van der Waals surface area contributed by atoms with Crippen molar-refractivity contribution < 1.29 is 4.42 Å². The lowest BCUT2D eigenvalue weighted by atomic mass is 10.1. The molecule has 2 nitrogen and oxygen atoms in total. The molecule has 1 aromatic heterocycles. The van der Waals surface area contributed by atoms with Gasteiger partial charge in [-0.3, -0.25) is 0 Å². The lowest BCUT2D eigenvalue weighted by Gasteiger charge is -2.16. The van der Waals surface area contributed by atoms with Crippen LogP contribution in [0.3, 0.4) is 0 Å². The molecule has 5 heteroatoms. The molecule has 2 aromatic rings. The molecule has 1 aromatic carbocycles. The van der Waals surface area contributed by atoms with E-state index in [2.05, 4.69) is 12.2 Å². The number of aryl methyl sites for hydroxylation is 1. The third-order valence-corrected chi connectivity index (χ3v) is 3.85. The second kappa shape index (κ2) is 6.56. The molecule has 0 saturated heterocycles. The van der Waals surface area contributed by atoms with Crippen LogP contribution in [0.1, 0.15) is 19.1 Å². The average molecular weight is 319 g/mol. The number of halogens is 3. The fourth-order valence-corrected chi connectivity index (χ4v) is 2.39. The third kappa shape index (κ3) is 4.07. The van der Waals surface area contributed by atoms with E-state index in [1.807, 2.05) is 12.1 Å². The number of hydrogen-bond acceptors (Lipinski definition) is 2. The molecule has 0 spiro atoms. The standard InChI is InChI=1S/C14H14Cl3NO/c1-9(4-5-10-3-2-6-19-10)18-14-8-12(16)11(15)7-13(14)17/h2-3,6-9,18H,4-5H2,1H3. The lowest BCUT2D eigenvalue weighted by Crippen LogP contribution is -2.16. The van der Waals surface area contributed by atoms with E-state index in [0.717, 1.165) is 24.3 Å². The molecule has 1 N–H and O–H groups in total. The summed E-state index contributed by atoms with van der Waals surface area (Å²) in [5.41, 5.74) is 0.794. The van der Waals surface area contributed by atoms with Crippen molar-refractivity contribution in [2.45, 2.75) is 25.8 Å². The SMILES string of the molecule is CC(CCc1ccco1)Nc1cc(Cl)c(Cl)cc1Cl. The van der Waals surface area contributed by atoms with E-state index in [0.29, 0.717) is 15.1 Å². The summed E-state index contributed by atoms with van der Waals surface area (Å²) >= 11 is 18.0. The van der Waals surface area contributed by atoms with Crippen LogP contribution in [-0.4, -0.2) is 6.04 Å². The molecular formula is C14H14Cl3NO. The van der Waals surface area contributed by atoms with Crippen LogP contribution in [0.4, 0.5) is 5.69 Å². The molecule has 0 aliphatic carbocycles. The zero-order chi connectivity index (χ0) is 13.8. The molecule has 0 amide bonds. The molecule has 102 valence electrons. The quantitative estimate of drug-likeness (QED) is 0.718. The normalized spacial score (nSPS) is 12.4. The van der Waals surface area contributed by atoms with E-state index < -0.39 is 0 Å². The molecular weight excluding hydrogens is 305 g/mol. The van der Waals surface area contributed by atoms with Gasteiger partial charge in [0, 0.05) is 12.5 Å². The monoisotopic (exact) mass is 317 g/mol. The Bertz CT molecular complexity index is 540. The van der Waals surface area contributed by atoms with Gasteiger partial charge in [-0.15, -0.1) is 0 Å². The Morgan fingerprint density at radius 1 is 1.16 bits per heavy atom. The molecule has 1 unspecified atom stereocenters. The first-order valence-electron chi connectivity index (χ1n) is 5.99. The van der Waals surface area contributed by atoms with Gasteiger partial charge < -0.3 is 9.73 Å². The molecule has 0 bridgehead atoms. The molecule has 0 saturated carbocycles. The third-order valence-electron chi connectivity index (χ3n) is 2.82. The summed E-state index contributed by atoms with van der Waals surface area (Å²) in [6.45, 7) is 2.09. The topological polar surface area (TPSA) is 25.2 Å². The summed E-state index contributed by atoms with van der Waals surface area (Å²) in [6.07, 6.45) is 3.49. The van der Waals surface area contributed by atoms with Gasteiger partial charge in [0.25, 0.3) is 0 Å². The van der Waals surface area contributed by atoms with Gasteiger partial charge in [-0.25, -0.2) is 0 Å². The van der Waals surface area contributed by atoms with Gasteiger partial charge in [0.15, 0.2) is 0 Å². The fraction of sp³-hybridized carbons (Fsp3) is 0.286. The highest BCUT2D eigenvalue weighted by atomic mass is 35.5. The summed E-state index contributed by atoms with van der Waals surface area (Å²) < 4.78 is 5.30. The van der Waals surface area contributed by atoms with Crippen LogP contribution in [0.2, 0.25) is 15.1 Å². The largest absolute Gasteiger partial charge is 0.469 e. The van der Waals surface area contributed by atoms with Crippen LogP contribution >= 0.6 is 34.8 Å². The minimum Gasteiger partial charge on any atom is -0.469 e. The van der Waals surface area contributed by atoms with Crippen molar-refractivity contribution in [2.75, 3.05) is 5.32 Å². The number of furan rings is 1. The fourth-order valence-electron chi connectivity index (χ4n) is 1.78. The molecule has 19 heavy (non-hydrogen) atoms. The minimum absolute atomic E-state index is 0.250. The summed E-state index contributed by atoms with van der Waals surface area (Å²) in [5.74, 6) is 0.980. The van der Waals surface area contributed by atoms with Gasteiger partial charge >= 0.3 is 0 Å². The summed E-state index contributed by atoms with van der Waals surface area (Å²) in [4.78, 5) is 0. The van der Waals surface area contributed by atoms with Crippen LogP contribution in [0, 0.1) is 0 Å². The molecule has 0 aliphatic rings. The molecule has 0 fully saturated rings. The Labute approximate surface area is 127 Å². The first kappa shape index (κ1) is 14.6. The Kier molecular flexibility index (Phi) is 5.03. The second-order valence-electron chi connectivity index (χ2n) is 4.41. The smallest absolute Gasteiger partial charge is 0.103 e. The molecule has 1 atom stereocenters. The maximum Gasteiger partial charge on any atom is 0.103 e. The molecule has 2 rings (SSSR count). The van der Waals surface area contributed by atoms with Crippen molar-refractivity contribution in [3.63, 3.8) is 0 Å². The first-order chi connectivity index (χ1) is 9.06. The Balaban J connectivity index is 1.95. The van der Waals surface area contributed by atoms with Crippen LogP contribution in [0.15, 0.2) is 34.9 Å². The minimum atomic E-state index is 0.250. The average Bonchev–Trinajstić information content (AvgIpc) is 2.86. The van der Waals surface area contributed by atoms with Gasteiger partial charge in [-0.1, -0.05) is 34.8 Å². The second-order valence-corrected chi connectivity index (χ2v) is 5.63. The highest BCUT2D eigenvalue weighted by Crippen LogP contribution is 2.32. The number of nitrogens with one attached hydrogen (secondary N) is 1. The van der Waals surface area contributed by atoms with Crippen molar-refractivity contribution in [3.8, 4) is 0 Å². The highest BCUT2D eigenvalue weighted by molar-refractivity contribution is 6.44. The Morgan fingerprint density at radius 2 is 1.89 bits per heavy atom. The van der Waals surface area contributed by atoms with Crippen LogP contribution in [0.25, 0.3) is 0 Å². The Morgan fingerprint density at radius 3 is 2.58 bits per heavy atom. The van der Waals surface area contributed by atoms with Crippen molar-refractivity contribution >= 4 is 40.5 Å². The number of rotatable bonds is 5. The van der Waals surface area contributed by atoms with E-state index in [-0.39, 0.29) is 6.04 Å². The molecule has 1 heterocycles. The van der Waals surface area contributed by atoms with Gasteiger partial charge in [-0.05, 0) is 37.6 Å². The number of benzene rings is 1. The van der Waals surface area contributed by atoms with Gasteiger partial charge in [0.1, 0.15) is 5.76 Å². The van der Waals surface area contributed by atoms with Crippen molar-refractivity contribution in [3.05, 3.63) is 51.4 Å². The van der Waals surface area contributed by atoms with Crippen LogP contribution < -0.4 is 5.32 Å². The van der Waals surface area contributed by atoms with E-state index in [1.54, 1.807) is 18.4 Å². The maximum absolute atomic E-state index is 6.12. The van der Waals surface area contributed by atoms with Crippen LogP contribution in [0.5, 0.6) is 0 Å². The lowest BCUT2D eigenvalue weighted by molar-refractivity contribution is 0.495. The zero-order valence-electron chi connectivity index (χ0n) is 10.4. The van der Waals surface area contributed by atoms with Crippen molar-refractivity contribution in [2.24, 2.45) is 0 Å². The van der Waals surface area contributed by atoms with Crippen LogP contribution in [-0.2, 0) is 6.42 Å². The van der Waals surface area contributed by atoms with E-state index in [1.165, 1.54) is 0 Å². The maximum atomic E-state index is 6.12. The first-order valence-corrected chi connectivity index (χ1v) is 7.13. The summed E-state index contributed by atoms with van der Waals surface area (Å²) in [7, 11) is 0. The van der Waals surface area contributed by atoms with Crippen molar-refractivity contribution in [1.29, 1.82) is 0 Å². The predicted molar refractivity (Wildman–Crippen MR) is 81.6 cm³/mol. The van der Waals surface area contributed by atoms with Crippen molar-refractivity contribution in [1.82, 2.24) is 0 Å².